The maximum Gasteiger partial charge on any atom is 0.0694 e. The first kappa shape index (κ1) is 6.99. The summed E-state index contributed by atoms with van der Waals surface area (Å²) in [7, 11) is 0. The molecule has 2 rings (SSSR count). The molecule has 2 unspecified atom stereocenters. The molecule has 2 saturated heterocycles. The molecule has 0 spiro atoms. The van der Waals surface area contributed by atoms with Crippen LogP contribution in [0, 0.1) is 0 Å². The molecule has 2 aliphatic heterocycles. The van der Waals surface area contributed by atoms with Gasteiger partial charge in [-0.05, 0) is 31.4 Å². The lowest BCUT2D eigenvalue weighted by atomic mass is 10.1. The van der Waals surface area contributed by atoms with Crippen LogP contribution >= 0.6 is 11.8 Å². The third-order valence-corrected chi connectivity index (χ3v) is 3.84. The van der Waals surface area contributed by atoms with Crippen molar-refractivity contribution in [3.8, 4) is 0 Å². The van der Waals surface area contributed by atoms with Crippen molar-refractivity contribution in [2.24, 2.45) is 0 Å². The Morgan fingerprint density at radius 2 is 2.20 bits per heavy atom. The fourth-order valence-electron chi connectivity index (χ4n) is 1.79. The fourth-order valence-corrected chi connectivity index (χ4v) is 3.19. The van der Waals surface area contributed by atoms with E-state index >= 15 is 0 Å². The van der Waals surface area contributed by atoms with Crippen LogP contribution in [0.2, 0.25) is 0 Å². The van der Waals surface area contributed by atoms with Gasteiger partial charge in [0.2, 0.25) is 0 Å². The monoisotopic (exact) mass is 158 g/mol. The molecular formula is C8H14OS. The lowest BCUT2D eigenvalue weighted by Crippen LogP contribution is -2.18. The van der Waals surface area contributed by atoms with Gasteiger partial charge in [0, 0.05) is 11.9 Å². The van der Waals surface area contributed by atoms with Crippen LogP contribution in [0.25, 0.3) is 0 Å². The molecule has 0 aliphatic carbocycles. The van der Waals surface area contributed by atoms with Gasteiger partial charge in [-0.1, -0.05) is 0 Å². The standard InChI is InChI=1S/C8H14OS/c1-3-7(9-5-1)8-4-2-6-10-8/h7-8H,1-6H2. The van der Waals surface area contributed by atoms with Crippen LogP contribution in [0.3, 0.4) is 0 Å². The second-order valence-electron chi connectivity index (χ2n) is 3.10. The summed E-state index contributed by atoms with van der Waals surface area (Å²) < 4.78 is 5.62. The normalized spacial score (nSPS) is 40.8. The number of rotatable bonds is 1. The van der Waals surface area contributed by atoms with Gasteiger partial charge in [-0.15, -0.1) is 0 Å². The summed E-state index contributed by atoms with van der Waals surface area (Å²) in [5, 5.41) is 0.850. The number of hydrogen-bond acceptors (Lipinski definition) is 2. The minimum atomic E-state index is 0.618. The minimum Gasteiger partial charge on any atom is -0.377 e. The van der Waals surface area contributed by atoms with Crippen LogP contribution in [-0.4, -0.2) is 23.7 Å². The summed E-state index contributed by atoms with van der Waals surface area (Å²) in [6.07, 6.45) is 6.04. The quantitative estimate of drug-likeness (QED) is 0.577. The zero-order chi connectivity index (χ0) is 6.81. The van der Waals surface area contributed by atoms with Crippen LogP contribution in [0.4, 0.5) is 0 Å². The molecule has 0 aromatic heterocycles. The van der Waals surface area contributed by atoms with Crippen LogP contribution in [-0.2, 0) is 4.74 Å². The van der Waals surface area contributed by atoms with Crippen molar-refractivity contribution in [3.63, 3.8) is 0 Å². The summed E-state index contributed by atoms with van der Waals surface area (Å²) >= 11 is 2.11. The average Bonchev–Trinajstić information content (AvgIpc) is 2.59. The van der Waals surface area contributed by atoms with Gasteiger partial charge in [-0.25, -0.2) is 0 Å². The molecule has 0 bridgehead atoms. The molecule has 0 N–H and O–H groups in total. The SMILES string of the molecule is C1COC(C2CCCS2)C1. The third kappa shape index (κ3) is 1.32. The van der Waals surface area contributed by atoms with Gasteiger partial charge < -0.3 is 4.74 Å². The molecule has 0 aromatic rings. The zero-order valence-corrected chi connectivity index (χ0v) is 7.03. The summed E-state index contributed by atoms with van der Waals surface area (Å²) in [6, 6.07) is 0. The maximum absolute atomic E-state index is 5.62. The number of ether oxygens (including phenoxy) is 1. The number of thioether (sulfide) groups is 1. The second-order valence-corrected chi connectivity index (χ2v) is 4.45. The van der Waals surface area contributed by atoms with E-state index < -0.39 is 0 Å². The van der Waals surface area contributed by atoms with Crippen molar-refractivity contribution in [3.05, 3.63) is 0 Å². The average molecular weight is 158 g/mol. The van der Waals surface area contributed by atoms with Gasteiger partial charge in [-0.2, -0.15) is 11.8 Å². The van der Waals surface area contributed by atoms with Gasteiger partial charge in [-0.3, -0.25) is 0 Å². The Morgan fingerprint density at radius 3 is 2.80 bits per heavy atom. The van der Waals surface area contributed by atoms with Gasteiger partial charge in [0.05, 0.1) is 6.10 Å². The van der Waals surface area contributed by atoms with Crippen molar-refractivity contribution in [2.75, 3.05) is 12.4 Å². The molecule has 0 amide bonds. The predicted octanol–water partition coefficient (Wildman–Crippen LogP) is 2.06. The van der Waals surface area contributed by atoms with Crippen molar-refractivity contribution >= 4 is 11.8 Å². The zero-order valence-electron chi connectivity index (χ0n) is 6.21. The summed E-state index contributed by atoms with van der Waals surface area (Å²) in [6.45, 7) is 1.02. The Labute approximate surface area is 66.5 Å². The van der Waals surface area contributed by atoms with Crippen LogP contribution in [0.1, 0.15) is 25.7 Å². The van der Waals surface area contributed by atoms with Crippen LogP contribution in [0.5, 0.6) is 0 Å². The maximum atomic E-state index is 5.62. The van der Waals surface area contributed by atoms with E-state index in [1.165, 1.54) is 31.4 Å². The van der Waals surface area contributed by atoms with Gasteiger partial charge in [0.15, 0.2) is 0 Å². The van der Waals surface area contributed by atoms with Crippen molar-refractivity contribution < 1.29 is 4.74 Å². The molecule has 0 radical (unpaired) electrons. The Hall–Kier alpha value is 0.310. The van der Waals surface area contributed by atoms with E-state index in [4.69, 9.17) is 4.74 Å². The molecule has 10 heavy (non-hydrogen) atoms. The van der Waals surface area contributed by atoms with Crippen LogP contribution < -0.4 is 0 Å². The molecular weight excluding hydrogens is 144 g/mol. The highest BCUT2D eigenvalue weighted by molar-refractivity contribution is 8.00. The van der Waals surface area contributed by atoms with E-state index in [0.717, 1.165) is 11.9 Å². The number of hydrogen-bond donors (Lipinski definition) is 0. The van der Waals surface area contributed by atoms with E-state index in [-0.39, 0.29) is 0 Å². The molecule has 58 valence electrons. The smallest absolute Gasteiger partial charge is 0.0694 e. The van der Waals surface area contributed by atoms with E-state index in [2.05, 4.69) is 11.8 Å². The predicted molar refractivity (Wildman–Crippen MR) is 44.5 cm³/mol. The molecule has 2 fully saturated rings. The molecule has 1 nitrogen and oxygen atoms in total. The molecule has 0 saturated carbocycles. The Morgan fingerprint density at radius 1 is 1.20 bits per heavy atom. The second kappa shape index (κ2) is 3.14. The summed E-state index contributed by atoms with van der Waals surface area (Å²) in [5.41, 5.74) is 0. The van der Waals surface area contributed by atoms with Gasteiger partial charge >= 0.3 is 0 Å². The van der Waals surface area contributed by atoms with E-state index in [1.807, 2.05) is 0 Å². The first-order chi connectivity index (χ1) is 4.97. The van der Waals surface area contributed by atoms with Crippen molar-refractivity contribution in [2.45, 2.75) is 37.0 Å². The molecule has 0 aromatic carbocycles. The fraction of sp³-hybridized carbons (Fsp3) is 1.00. The Bertz CT molecular complexity index is 89.8. The Kier molecular flexibility index (Phi) is 2.19. The van der Waals surface area contributed by atoms with Crippen LogP contribution in [0.15, 0.2) is 0 Å². The Balaban J connectivity index is 1.85. The first-order valence-corrected chi connectivity index (χ1v) is 5.25. The van der Waals surface area contributed by atoms with Crippen molar-refractivity contribution in [1.82, 2.24) is 0 Å². The summed E-state index contributed by atoms with van der Waals surface area (Å²) in [5.74, 6) is 1.37. The third-order valence-electron chi connectivity index (χ3n) is 2.34. The van der Waals surface area contributed by atoms with E-state index in [0.29, 0.717) is 6.10 Å². The minimum absolute atomic E-state index is 0.618. The molecule has 2 heterocycles. The van der Waals surface area contributed by atoms with E-state index in [9.17, 15) is 0 Å². The summed E-state index contributed by atoms with van der Waals surface area (Å²) in [4.78, 5) is 0. The van der Waals surface area contributed by atoms with Gasteiger partial charge in [0.25, 0.3) is 0 Å². The highest BCUT2D eigenvalue weighted by atomic mass is 32.2. The highest BCUT2D eigenvalue weighted by Crippen LogP contribution is 2.33. The molecule has 2 atom stereocenters. The molecule has 2 heteroatoms. The first-order valence-electron chi connectivity index (χ1n) is 4.20. The van der Waals surface area contributed by atoms with E-state index in [1.54, 1.807) is 0 Å². The van der Waals surface area contributed by atoms with Crippen molar-refractivity contribution in [1.29, 1.82) is 0 Å². The largest absolute Gasteiger partial charge is 0.377 e. The topological polar surface area (TPSA) is 9.23 Å². The highest BCUT2D eigenvalue weighted by Gasteiger charge is 2.28. The van der Waals surface area contributed by atoms with Gasteiger partial charge in [0.1, 0.15) is 0 Å². The lowest BCUT2D eigenvalue weighted by Gasteiger charge is -2.15. The molecule has 2 aliphatic rings. The lowest BCUT2D eigenvalue weighted by molar-refractivity contribution is 0.108.